The van der Waals surface area contributed by atoms with Gasteiger partial charge in [0.15, 0.2) is 0 Å². The van der Waals surface area contributed by atoms with Crippen LogP contribution in [0.4, 0.5) is 13.2 Å². The predicted octanol–water partition coefficient (Wildman–Crippen LogP) is 3.74. The molecule has 0 saturated heterocycles. The Morgan fingerprint density at radius 2 is 1.79 bits per heavy atom. The van der Waals surface area contributed by atoms with E-state index in [9.17, 15) is 18.0 Å². The highest BCUT2D eigenvalue weighted by atomic mass is 19.4. The molecule has 0 atom stereocenters. The van der Waals surface area contributed by atoms with Crippen molar-refractivity contribution in [1.82, 2.24) is 19.6 Å². The molecular weight excluding hydrogens is 373 g/mol. The third-order valence-corrected chi connectivity index (χ3v) is 4.40. The van der Waals surface area contributed by atoms with E-state index in [4.69, 9.17) is 4.74 Å². The Kier molecular flexibility index (Phi) is 5.35. The molecule has 2 heterocycles. The summed E-state index contributed by atoms with van der Waals surface area (Å²) < 4.78 is 44.8. The zero-order chi connectivity index (χ0) is 20.5. The minimum Gasteiger partial charge on any atom is -0.461 e. The van der Waals surface area contributed by atoms with Crippen LogP contribution in [0.15, 0.2) is 24.3 Å². The number of ether oxygens (including phenoxy) is 1. The molecule has 148 valence electrons. The van der Waals surface area contributed by atoms with E-state index < -0.39 is 18.0 Å². The smallest absolute Gasteiger partial charge is 0.453 e. The van der Waals surface area contributed by atoms with Gasteiger partial charge in [0.2, 0.25) is 0 Å². The first-order valence-electron chi connectivity index (χ1n) is 8.66. The highest BCUT2D eigenvalue weighted by Crippen LogP contribution is 2.27. The second-order valence-corrected chi connectivity index (χ2v) is 6.55. The molecule has 0 aliphatic rings. The van der Waals surface area contributed by atoms with E-state index in [1.165, 1.54) is 0 Å². The molecule has 0 aliphatic carbocycles. The lowest BCUT2D eigenvalue weighted by Gasteiger charge is -2.10. The van der Waals surface area contributed by atoms with Crippen molar-refractivity contribution in [1.29, 1.82) is 0 Å². The van der Waals surface area contributed by atoms with Crippen LogP contribution < -0.4 is 0 Å². The zero-order valence-electron chi connectivity index (χ0n) is 15.7. The van der Waals surface area contributed by atoms with Crippen molar-refractivity contribution in [3.05, 3.63) is 58.2 Å². The Hall–Kier alpha value is -2.97. The number of alkyl halides is 3. The molecule has 0 unspecified atom stereocenters. The number of hydrogen-bond acceptors (Lipinski definition) is 5. The minimum absolute atomic E-state index is 0.0849. The lowest BCUT2D eigenvalue weighted by molar-refractivity contribution is -0.145. The average molecular weight is 392 g/mol. The fourth-order valence-electron chi connectivity index (χ4n) is 2.84. The van der Waals surface area contributed by atoms with Gasteiger partial charge >= 0.3 is 12.1 Å². The van der Waals surface area contributed by atoms with Crippen molar-refractivity contribution >= 4 is 11.7 Å². The van der Waals surface area contributed by atoms with Crippen LogP contribution in [0.3, 0.4) is 0 Å². The van der Waals surface area contributed by atoms with Gasteiger partial charge in [0.05, 0.1) is 0 Å². The van der Waals surface area contributed by atoms with Gasteiger partial charge in [0.1, 0.15) is 6.61 Å². The fourth-order valence-corrected chi connectivity index (χ4v) is 2.84. The number of esters is 1. The molecule has 6 nitrogen and oxygen atoms in total. The van der Waals surface area contributed by atoms with Gasteiger partial charge in [-0.3, -0.25) is 4.79 Å². The fraction of sp³-hybridized carbons (Fsp3) is 0.368. The van der Waals surface area contributed by atoms with Crippen LogP contribution in [0.5, 0.6) is 0 Å². The van der Waals surface area contributed by atoms with Crippen molar-refractivity contribution in [2.45, 2.75) is 46.4 Å². The number of benzene rings is 1. The molecule has 0 N–H and O–H groups in total. The molecule has 2 aromatic heterocycles. The summed E-state index contributed by atoms with van der Waals surface area (Å²) in [7, 11) is 0. The molecule has 9 heteroatoms. The maximum absolute atomic E-state index is 12.8. The molecule has 1 aromatic carbocycles. The lowest BCUT2D eigenvalue weighted by atomic mass is 10.1. The number of rotatable bonds is 5. The molecule has 0 amide bonds. The number of halogens is 3. The Bertz CT molecular complexity index is 1010. The van der Waals surface area contributed by atoms with Crippen LogP contribution in [-0.2, 0) is 28.7 Å². The molecule has 3 rings (SSSR count). The Morgan fingerprint density at radius 3 is 2.43 bits per heavy atom. The van der Waals surface area contributed by atoms with E-state index in [2.05, 4.69) is 15.1 Å². The van der Waals surface area contributed by atoms with Gasteiger partial charge in [-0.05, 0) is 38.3 Å². The molecule has 0 fully saturated rings. The van der Waals surface area contributed by atoms with E-state index >= 15 is 0 Å². The van der Waals surface area contributed by atoms with Crippen LogP contribution in [0.25, 0.3) is 5.78 Å². The Morgan fingerprint density at radius 1 is 1.11 bits per heavy atom. The van der Waals surface area contributed by atoms with Crippen LogP contribution in [0, 0.1) is 20.8 Å². The van der Waals surface area contributed by atoms with Gasteiger partial charge in [-0.25, -0.2) is 9.50 Å². The summed E-state index contributed by atoms with van der Waals surface area (Å²) in [4.78, 5) is 19.6. The number of carbonyl (C=O) groups excluding carboxylic acids is 1. The number of carbonyl (C=O) groups is 1. The Labute approximate surface area is 159 Å². The summed E-state index contributed by atoms with van der Waals surface area (Å²) in [6, 6.07) is 7.64. The summed E-state index contributed by atoms with van der Waals surface area (Å²) in [5, 5.41) is 3.50. The zero-order valence-corrected chi connectivity index (χ0v) is 15.7. The minimum atomic E-state index is -4.64. The van der Waals surface area contributed by atoms with E-state index in [-0.39, 0.29) is 25.2 Å². The number of nitrogens with zero attached hydrogens (tertiary/aromatic N) is 4. The summed E-state index contributed by atoms with van der Waals surface area (Å²) in [5.41, 5.74) is 3.63. The predicted molar refractivity (Wildman–Crippen MR) is 94.6 cm³/mol. The van der Waals surface area contributed by atoms with Crippen molar-refractivity contribution in [3.63, 3.8) is 0 Å². The molecule has 0 aliphatic heterocycles. The van der Waals surface area contributed by atoms with Gasteiger partial charge in [-0.15, -0.1) is 5.10 Å². The van der Waals surface area contributed by atoms with Crippen LogP contribution in [-0.4, -0.2) is 25.6 Å². The number of fused-ring (bicyclic) bond motifs is 1. The summed E-state index contributed by atoms with van der Waals surface area (Å²) in [5.74, 6) is -1.75. The monoisotopic (exact) mass is 392 g/mol. The molecule has 28 heavy (non-hydrogen) atoms. The topological polar surface area (TPSA) is 69.4 Å². The second-order valence-electron chi connectivity index (χ2n) is 6.55. The molecular formula is C19H19F3N4O2. The Balaban J connectivity index is 1.69. The van der Waals surface area contributed by atoms with Gasteiger partial charge in [-0.2, -0.15) is 18.2 Å². The normalized spacial score (nSPS) is 11.8. The second kappa shape index (κ2) is 7.57. The summed E-state index contributed by atoms with van der Waals surface area (Å²) in [6.07, 6.45) is -4.27. The van der Waals surface area contributed by atoms with Crippen molar-refractivity contribution in [3.8, 4) is 0 Å². The van der Waals surface area contributed by atoms with Crippen molar-refractivity contribution in [2.75, 3.05) is 0 Å². The van der Waals surface area contributed by atoms with E-state index in [1.54, 1.807) is 13.8 Å². The molecule has 3 aromatic rings. The van der Waals surface area contributed by atoms with E-state index in [1.807, 2.05) is 31.2 Å². The van der Waals surface area contributed by atoms with E-state index in [0.717, 1.165) is 15.6 Å². The maximum Gasteiger partial charge on any atom is 0.453 e. The molecule has 0 bridgehead atoms. The van der Waals surface area contributed by atoms with E-state index in [0.29, 0.717) is 17.0 Å². The number of hydrogen-bond donors (Lipinski definition) is 0. The maximum atomic E-state index is 12.8. The van der Waals surface area contributed by atoms with Gasteiger partial charge in [-0.1, -0.05) is 29.8 Å². The van der Waals surface area contributed by atoms with Crippen molar-refractivity contribution < 1.29 is 22.7 Å². The highest BCUT2D eigenvalue weighted by Gasteiger charge is 2.36. The molecule has 0 radical (unpaired) electrons. The third-order valence-electron chi connectivity index (χ3n) is 4.40. The number of aromatic nitrogens is 4. The van der Waals surface area contributed by atoms with Gasteiger partial charge in [0.25, 0.3) is 11.6 Å². The summed E-state index contributed by atoms with van der Waals surface area (Å²) >= 11 is 0. The standard InChI is InChI=1S/C19H19F3N4O2/c1-11-4-6-14(7-5-11)10-28-16(27)9-8-15-12(2)23-18-24-17(19(20,21)22)25-26(18)13(15)3/h4-7H,8-10H2,1-3H3. The quantitative estimate of drug-likeness (QED) is 0.619. The van der Waals surface area contributed by atoms with Crippen LogP contribution in [0.1, 0.15) is 40.3 Å². The summed E-state index contributed by atoms with van der Waals surface area (Å²) in [6.45, 7) is 5.44. The number of aryl methyl sites for hydroxylation is 3. The largest absolute Gasteiger partial charge is 0.461 e. The molecule has 0 saturated carbocycles. The first-order chi connectivity index (χ1) is 13.1. The highest BCUT2D eigenvalue weighted by molar-refractivity contribution is 5.69. The first kappa shape index (κ1) is 19.8. The average Bonchev–Trinajstić information content (AvgIpc) is 3.05. The van der Waals surface area contributed by atoms with Crippen molar-refractivity contribution in [2.24, 2.45) is 0 Å². The first-order valence-corrected chi connectivity index (χ1v) is 8.66. The SMILES string of the molecule is Cc1ccc(COC(=O)CCc2c(C)nc3nc(C(F)(F)F)nn3c2C)cc1. The van der Waals surface area contributed by atoms with Crippen LogP contribution >= 0.6 is 0 Å². The lowest BCUT2D eigenvalue weighted by Crippen LogP contribution is -2.11. The van der Waals surface area contributed by atoms with Gasteiger partial charge in [0, 0.05) is 17.8 Å². The third kappa shape index (κ3) is 4.29. The van der Waals surface area contributed by atoms with Gasteiger partial charge < -0.3 is 4.74 Å². The molecule has 0 spiro atoms. The van der Waals surface area contributed by atoms with Crippen LogP contribution in [0.2, 0.25) is 0 Å².